The number of amides is 1. The van der Waals surface area contributed by atoms with E-state index < -0.39 is 0 Å². The van der Waals surface area contributed by atoms with E-state index in [-0.39, 0.29) is 12.0 Å². The van der Waals surface area contributed by atoms with Gasteiger partial charge in [0.2, 0.25) is 11.8 Å². The number of methoxy groups -OCH3 is 1. The van der Waals surface area contributed by atoms with Gasteiger partial charge in [-0.1, -0.05) is 49.4 Å². The molecule has 1 aromatic carbocycles. The van der Waals surface area contributed by atoms with Crippen molar-refractivity contribution in [1.29, 1.82) is 0 Å². The van der Waals surface area contributed by atoms with Gasteiger partial charge in [0.25, 0.3) is 5.91 Å². The number of hydrogen-bond acceptors (Lipinski definition) is 7. The Hall–Kier alpha value is -3.65. The summed E-state index contributed by atoms with van der Waals surface area (Å²) in [7, 11) is 1.61. The molecule has 0 spiro atoms. The molecule has 1 aliphatic rings. The van der Waals surface area contributed by atoms with Gasteiger partial charge in [-0.3, -0.25) is 4.79 Å². The van der Waals surface area contributed by atoms with Crippen molar-refractivity contribution in [2.75, 3.05) is 38.6 Å². The summed E-state index contributed by atoms with van der Waals surface area (Å²) in [6.07, 6.45) is 3.35. The van der Waals surface area contributed by atoms with Crippen molar-refractivity contribution in [3.63, 3.8) is 0 Å². The summed E-state index contributed by atoms with van der Waals surface area (Å²) >= 11 is 0. The highest BCUT2D eigenvalue weighted by Gasteiger charge is 2.22. The largest absolute Gasteiger partial charge is 0.481 e. The first-order chi connectivity index (χ1) is 16.6. The number of ether oxygens (including phenoxy) is 2. The number of fused-ring (bicyclic) bond motifs is 1. The Labute approximate surface area is 201 Å². The topological polar surface area (TPSA) is 97.4 Å². The average molecular weight is 464 g/mol. The lowest BCUT2D eigenvalue weighted by Gasteiger charge is -2.27. The van der Waals surface area contributed by atoms with Crippen LogP contribution in [0.4, 0.5) is 5.69 Å². The minimum Gasteiger partial charge on any atom is -0.481 e. The standard InChI is InChI=1S/C20H27N5O3.C6H6/c1-4-22-19(26)15-7-17-20(25-10-15)28-16(12-23-17)11-21-8-13(2)14-5-6-18(27-3)24-9-14;1-2-4-6-5-3-1/h5-7,9-10,13,16,21,23H,4,8,11-12H2,1-3H3,(H,22,26);1-6H. The van der Waals surface area contributed by atoms with Crippen LogP contribution in [0.25, 0.3) is 0 Å². The molecule has 0 bridgehead atoms. The van der Waals surface area contributed by atoms with E-state index in [1.54, 1.807) is 19.4 Å². The lowest BCUT2D eigenvalue weighted by molar-refractivity contribution is 0.0955. The van der Waals surface area contributed by atoms with Crippen LogP contribution < -0.4 is 25.4 Å². The van der Waals surface area contributed by atoms with Gasteiger partial charge in [-0.15, -0.1) is 0 Å². The second-order valence-corrected chi connectivity index (χ2v) is 7.90. The molecule has 8 heteroatoms. The molecule has 2 atom stereocenters. The molecular formula is C26H33N5O3. The Morgan fingerprint density at radius 1 is 1.18 bits per heavy atom. The van der Waals surface area contributed by atoms with Crippen LogP contribution >= 0.6 is 0 Å². The number of carbonyl (C=O) groups is 1. The molecule has 1 amide bonds. The molecule has 1 aliphatic heterocycles. The first kappa shape index (κ1) is 25.0. The van der Waals surface area contributed by atoms with Crippen LogP contribution in [0.2, 0.25) is 0 Å². The molecule has 0 radical (unpaired) electrons. The zero-order chi connectivity index (χ0) is 24.2. The summed E-state index contributed by atoms with van der Waals surface area (Å²) in [5, 5.41) is 9.51. The van der Waals surface area contributed by atoms with Crippen molar-refractivity contribution in [3.8, 4) is 11.8 Å². The Balaban J connectivity index is 0.000000469. The van der Waals surface area contributed by atoms with E-state index in [1.807, 2.05) is 61.7 Å². The zero-order valence-electron chi connectivity index (χ0n) is 20.0. The van der Waals surface area contributed by atoms with Gasteiger partial charge in [-0.25, -0.2) is 9.97 Å². The Morgan fingerprint density at radius 2 is 1.91 bits per heavy atom. The van der Waals surface area contributed by atoms with Gasteiger partial charge in [-0.2, -0.15) is 0 Å². The molecule has 2 unspecified atom stereocenters. The molecule has 180 valence electrons. The van der Waals surface area contributed by atoms with E-state index in [1.165, 1.54) is 0 Å². The van der Waals surface area contributed by atoms with E-state index in [4.69, 9.17) is 9.47 Å². The summed E-state index contributed by atoms with van der Waals surface area (Å²) in [6, 6.07) is 17.7. The number of nitrogens with zero attached hydrogens (tertiary/aromatic N) is 2. The van der Waals surface area contributed by atoms with Crippen molar-refractivity contribution in [2.45, 2.75) is 25.9 Å². The van der Waals surface area contributed by atoms with E-state index >= 15 is 0 Å². The minimum absolute atomic E-state index is 0.0310. The van der Waals surface area contributed by atoms with Gasteiger partial charge in [0, 0.05) is 38.1 Å². The van der Waals surface area contributed by atoms with Gasteiger partial charge in [-0.05, 0) is 24.5 Å². The molecule has 0 saturated heterocycles. The summed E-state index contributed by atoms with van der Waals surface area (Å²) in [4.78, 5) is 20.4. The van der Waals surface area contributed by atoms with Crippen molar-refractivity contribution in [2.24, 2.45) is 0 Å². The maximum atomic E-state index is 11.9. The summed E-state index contributed by atoms with van der Waals surface area (Å²) in [6.45, 7) is 6.77. The predicted octanol–water partition coefficient (Wildman–Crippen LogP) is 3.49. The van der Waals surface area contributed by atoms with E-state index in [0.29, 0.717) is 42.9 Å². The SMILES string of the molecule is CCNC(=O)c1cnc2c(c1)NCC(CNCC(C)c1ccc(OC)nc1)O2.c1ccccc1. The van der Waals surface area contributed by atoms with Gasteiger partial charge in [0.05, 0.1) is 24.9 Å². The highest BCUT2D eigenvalue weighted by atomic mass is 16.5. The fourth-order valence-electron chi connectivity index (χ4n) is 3.36. The lowest BCUT2D eigenvalue weighted by Crippen LogP contribution is -2.40. The number of aromatic nitrogens is 2. The first-order valence-corrected chi connectivity index (χ1v) is 11.5. The van der Waals surface area contributed by atoms with E-state index in [9.17, 15) is 4.79 Å². The van der Waals surface area contributed by atoms with Gasteiger partial charge in [0.15, 0.2) is 0 Å². The molecule has 3 heterocycles. The van der Waals surface area contributed by atoms with Crippen molar-refractivity contribution in [1.82, 2.24) is 20.6 Å². The second kappa shape index (κ2) is 13.2. The van der Waals surface area contributed by atoms with Crippen molar-refractivity contribution < 1.29 is 14.3 Å². The molecule has 8 nitrogen and oxygen atoms in total. The molecule has 3 N–H and O–H groups in total. The first-order valence-electron chi connectivity index (χ1n) is 11.5. The molecule has 2 aromatic heterocycles. The predicted molar refractivity (Wildman–Crippen MR) is 134 cm³/mol. The number of anilines is 1. The quantitative estimate of drug-likeness (QED) is 0.470. The molecule has 0 aliphatic carbocycles. The van der Waals surface area contributed by atoms with Crippen LogP contribution in [0.1, 0.15) is 35.7 Å². The Kier molecular flexibility index (Phi) is 9.66. The highest BCUT2D eigenvalue weighted by Crippen LogP contribution is 2.27. The van der Waals surface area contributed by atoms with Crippen LogP contribution in [-0.4, -0.2) is 55.3 Å². The molecular weight excluding hydrogens is 430 g/mol. The van der Waals surface area contributed by atoms with E-state index in [0.717, 1.165) is 17.8 Å². The number of carbonyl (C=O) groups excluding carboxylic acids is 1. The second-order valence-electron chi connectivity index (χ2n) is 7.90. The van der Waals surface area contributed by atoms with Gasteiger partial charge >= 0.3 is 0 Å². The molecule has 0 fully saturated rings. The van der Waals surface area contributed by atoms with Crippen LogP contribution in [0.15, 0.2) is 67.0 Å². The normalized spacial score (nSPS) is 14.9. The van der Waals surface area contributed by atoms with Crippen molar-refractivity contribution in [3.05, 3.63) is 78.1 Å². The Morgan fingerprint density at radius 3 is 2.53 bits per heavy atom. The molecule has 4 rings (SSSR count). The van der Waals surface area contributed by atoms with Gasteiger partial charge in [0.1, 0.15) is 6.10 Å². The minimum atomic E-state index is -0.134. The molecule has 0 saturated carbocycles. The Bertz CT molecular complexity index is 988. The summed E-state index contributed by atoms with van der Waals surface area (Å²) in [5.41, 5.74) is 2.42. The van der Waals surface area contributed by atoms with Crippen LogP contribution in [0.5, 0.6) is 11.8 Å². The van der Waals surface area contributed by atoms with Crippen molar-refractivity contribution >= 4 is 11.6 Å². The number of pyridine rings is 2. The van der Waals surface area contributed by atoms with E-state index in [2.05, 4.69) is 32.8 Å². The van der Waals surface area contributed by atoms with Crippen LogP contribution in [0.3, 0.4) is 0 Å². The number of rotatable bonds is 8. The third-order valence-corrected chi connectivity index (χ3v) is 5.28. The fourth-order valence-corrected chi connectivity index (χ4v) is 3.36. The van der Waals surface area contributed by atoms with Gasteiger partial charge < -0.3 is 25.4 Å². The maximum Gasteiger partial charge on any atom is 0.252 e. The third kappa shape index (κ3) is 7.45. The third-order valence-electron chi connectivity index (χ3n) is 5.28. The number of hydrogen-bond donors (Lipinski definition) is 3. The smallest absolute Gasteiger partial charge is 0.252 e. The maximum absolute atomic E-state index is 11.9. The summed E-state index contributed by atoms with van der Waals surface area (Å²) in [5.74, 6) is 1.33. The molecule has 3 aromatic rings. The monoisotopic (exact) mass is 463 g/mol. The lowest BCUT2D eigenvalue weighted by atomic mass is 10.0. The van der Waals surface area contributed by atoms with Crippen LogP contribution in [-0.2, 0) is 0 Å². The average Bonchev–Trinajstić information content (AvgIpc) is 2.90. The van der Waals surface area contributed by atoms with Crippen LogP contribution in [0, 0.1) is 0 Å². The highest BCUT2D eigenvalue weighted by molar-refractivity contribution is 5.95. The molecule has 34 heavy (non-hydrogen) atoms. The zero-order valence-corrected chi connectivity index (χ0v) is 20.0. The fraction of sp³-hybridized carbons (Fsp3) is 0.346. The summed E-state index contributed by atoms with van der Waals surface area (Å²) < 4.78 is 11.0. The number of nitrogens with one attached hydrogen (secondary N) is 3. The number of benzene rings is 1.